The molecular formula is C23H21FN2S2. The summed E-state index contributed by atoms with van der Waals surface area (Å²) >= 11 is 3.38. The van der Waals surface area contributed by atoms with Crippen molar-refractivity contribution < 1.29 is 4.39 Å². The summed E-state index contributed by atoms with van der Waals surface area (Å²) in [6.45, 7) is 6.46. The van der Waals surface area contributed by atoms with E-state index < -0.39 is 0 Å². The lowest BCUT2D eigenvalue weighted by Crippen LogP contribution is -1.90. The van der Waals surface area contributed by atoms with E-state index in [2.05, 4.69) is 48.9 Å². The smallest absolute Gasteiger partial charge is 0.128 e. The van der Waals surface area contributed by atoms with Crippen molar-refractivity contribution in [3.05, 3.63) is 76.2 Å². The molecule has 4 rings (SSSR count). The summed E-state index contributed by atoms with van der Waals surface area (Å²) < 4.78 is 13.5. The molecule has 0 N–H and O–H groups in total. The maximum atomic E-state index is 13.5. The molecular weight excluding hydrogens is 387 g/mol. The molecule has 0 aliphatic carbocycles. The highest BCUT2D eigenvalue weighted by molar-refractivity contribution is 7.98. The van der Waals surface area contributed by atoms with Crippen molar-refractivity contribution in [2.24, 2.45) is 0 Å². The lowest BCUT2D eigenvalue weighted by Gasteiger charge is -2.09. The molecule has 5 heteroatoms. The molecule has 28 heavy (non-hydrogen) atoms. The van der Waals surface area contributed by atoms with Crippen LogP contribution in [0.2, 0.25) is 0 Å². The fourth-order valence-corrected chi connectivity index (χ4v) is 5.40. The second-order valence-electron chi connectivity index (χ2n) is 6.83. The van der Waals surface area contributed by atoms with E-state index in [0.29, 0.717) is 5.75 Å². The molecule has 2 nitrogen and oxygen atoms in total. The number of nitrogens with zero attached hydrogens (tertiary/aromatic N) is 2. The van der Waals surface area contributed by atoms with Crippen LogP contribution in [-0.2, 0) is 12.2 Å². The number of halogens is 1. The van der Waals surface area contributed by atoms with E-state index in [4.69, 9.17) is 0 Å². The zero-order valence-corrected chi connectivity index (χ0v) is 17.8. The van der Waals surface area contributed by atoms with Gasteiger partial charge in [0, 0.05) is 16.2 Å². The van der Waals surface area contributed by atoms with Crippen LogP contribution in [0, 0.1) is 19.7 Å². The SMILES string of the molecule is CCc1sc2ncnc(SCc3cccc(F)c3)c2c1-c1ccc(C)c(C)c1. The molecule has 0 saturated heterocycles. The summed E-state index contributed by atoms with van der Waals surface area (Å²) in [6.07, 6.45) is 2.59. The lowest BCUT2D eigenvalue weighted by atomic mass is 9.98. The van der Waals surface area contributed by atoms with Gasteiger partial charge in [0.2, 0.25) is 0 Å². The van der Waals surface area contributed by atoms with Crippen molar-refractivity contribution in [3.63, 3.8) is 0 Å². The first-order chi connectivity index (χ1) is 13.6. The van der Waals surface area contributed by atoms with Gasteiger partial charge in [0.15, 0.2) is 0 Å². The van der Waals surface area contributed by atoms with Crippen LogP contribution >= 0.6 is 23.1 Å². The minimum atomic E-state index is -0.203. The molecule has 2 heterocycles. The Labute approximate surface area is 172 Å². The maximum Gasteiger partial charge on any atom is 0.128 e. The average Bonchev–Trinajstić information content (AvgIpc) is 3.08. The van der Waals surface area contributed by atoms with Crippen molar-refractivity contribution in [1.82, 2.24) is 9.97 Å². The third-order valence-corrected chi connectivity index (χ3v) is 7.21. The van der Waals surface area contributed by atoms with Gasteiger partial charge < -0.3 is 0 Å². The van der Waals surface area contributed by atoms with Crippen LogP contribution in [0.5, 0.6) is 0 Å². The van der Waals surface area contributed by atoms with E-state index >= 15 is 0 Å². The van der Waals surface area contributed by atoms with E-state index in [0.717, 1.165) is 27.2 Å². The summed E-state index contributed by atoms with van der Waals surface area (Å²) in [6, 6.07) is 13.4. The first kappa shape index (κ1) is 19.1. The van der Waals surface area contributed by atoms with Gasteiger partial charge in [0.1, 0.15) is 22.0 Å². The summed E-state index contributed by atoms with van der Waals surface area (Å²) in [4.78, 5) is 11.5. The molecule has 4 aromatic rings. The zero-order chi connectivity index (χ0) is 19.7. The lowest BCUT2D eigenvalue weighted by molar-refractivity contribution is 0.626. The molecule has 0 saturated carbocycles. The van der Waals surface area contributed by atoms with Gasteiger partial charge in [-0.2, -0.15) is 0 Å². The highest BCUT2D eigenvalue weighted by Gasteiger charge is 2.18. The molecule has 0 spiro atoms. The van der Waals surface area contributed by atoms with Crippen LogP contribution in [0.15, 0.2) is 53.8 Å². The molecule has 0 amide bonds. The molecule has 0 aliphatic rings. The molecule has 0 atom stereocenters. The Morgan fingerprint density at radius 1 is 1.04 bits per heavy atom. The van der Waals surface area contributed by atoms with Crippen molar-refractivity contribution in [1.29, 1.82) is 0 Å². The summed E-state index contributed by atoms with van der Waals surface area (Å²) in [7, 11) is 0. The highest BCUT2D eigenvalue weighted by atomic mass is 32.2. The van der Waals surface area contributed by atoms with Crippen molar-refractivity contribution in [3.8, 4) is 11.1 Å². The first-order valence-electron chi connectivity index (χ1n) is 9.28. The molecule has 0 bridgehead atoms. The average molecular weight is 409 g/mol. The van der Waals surface area contributed by atoms with Gasteiger partial charge >= 0.3 is 0 Å². The Hall–Kier alpha value is -2.24. The van der Waals surface area contributed by atoms with Gasteiger partial charge in [-0.3, -0.25) is 0 Å². The van der Waals surface area contributed by atoms with Gasteiger partial charge in [-0.05, 0) is 54.7 Å². The van der Waals surface area contributed by atoms with Crippen molar-refractivity contribution >= 4 is 33.3 Å². The number of aromatic nitrogens is 2. The van der Waals surface area contributed by atoms with Crippen LogP contribution in [0.3, 0.4) is 0 Å². The Balaban J connectivity index is 1.81. The van der Waals surface area contributed by atoms with Crippen LogP contribution in [0.1, 0.15) is 28.5 Å². The summed E-state index contributed by atoms with van der Waals surface area (Å²) in [5, 5.41) is 2.08. The second kappa shape index (κ2) is 8.02. The van der Waals surface area contributed by atoms with Gasteiger partial charge in [0.25, 0.3) is 0 Å². The maximum absolute atomic E-state index is 13.5. The Bertz CT molecular complexity index is 1150. The second-order valence-corrected chi connectivity index (χ2v) is 8.88. The Morgan fingerprint density at radius 3 is 2.64 bits per heavy atom. The van der Waals surface area contributed by atoms with Gasteiger partial charge in [-0.25, -0.2) is 14.4 Å². The molecule has 0 aliphatic heterocycles. The standard InChI is InChI=1S/C23H21FN2S2/c1-4-19-20(17-9-8-14(2)15(3)10-17)21-22(25-13-26-23(21)28-19)27-12-16-6-5-7-18(24)11-16/h5-11,13H,4,12H2,1-3H3. The summed E-state index contributed by atoms with van der Waals surface area (Å²) in [5.41, 5.74) is 5.99. The number of rotatable bonds is 5. The largest absolute Gasteiger partial charge is 0.229 e. The Morgan fingerprint density at radius 2 is 1.89 bits per heavy atom. The normalized spacial score (nSPS) is 11.3. The fourth-order valence-electron chi connectivity index (χ4n) is 3.29. The van der Waals surface area contributed by atoms with E-state index in [1.165, 1.54) is 33.2 Å². The van der Waals surface area contributed by atoms with E-state index in [-0.39, 0.29) is 5.82 Å². The van der Waals surface area contributed by atoms with Crippen LogP contribution in [-0.4, -0.2) is 9.97 Å². The number of thiophene rings is 1. The van der Waals surface area contributed by atoms with E-state index in [1.807, 2.05) is 6.07 Å². The highest BCUT2D eigenvalue weighted by Crippen LogP contribution is 2.42. The van der Waals surface area contributed by atoms with Crippen molar-refractivity contribution in [2.45, 2.75) is 38.0 Å². The number of fused-ring (bicyclic) bond motifs is 1. The molecule has 0 unspecified atom stereocenters. The fraction of sp³-hybridized carbons (Fsp3) is 0.217. The topological polar surface area (TPSA) is 25.8 Å². The molecule has 142 valence electrons. The number of benzene rings is 2. The van der Waals surface area contributed by atoms with E-state index in [1.54, 1.807) is 41.6 Å². The minimum Gasteiger partial charge on any atom is -0.229 e. The predicted molar refractivity (Wildman–Crippen MR) is 118 cm³/mol. The van der Waals surface area contributed by atoms with E-state index in [9.17, 15) is 4.39 Å². The number of thioether (sulfide) groups is 1. The minimum absolute atomic E-state index is 0.203. The first-order valence-corrected chi connectivity index (χ1v) is 11.1. The Kier molecular flexibility index (Phi) is 5.47. The molecule has 0 radical (unpaired) electrons. The number of hydrogen-bond acceptors (Lipinski definition) is 4. The zero-order valence-electron chi connectivity index (χ0n) is 16.1. The van der Waals surface area contributed by atoms with Crippen molar-refractivity contribution in [2.75, 3.05) is 0 Å². The molecule has 2 aromatic heterocycles. The van der Waals surface area contributed by atoms with Crippen LogP contribution in [0.25, 0.3) is 21.3 Å². The third kappa shape index (κ3) is 3.69. The van der Waals surface area contributed by atoms with Gasteiger partial charge in [-0.15, -0.1) is 23.1 Å². The number of hydrogen-bond donors (Lipinski definition) is 0. The monoisotopic (exact) mass is 408 g/mol. The third-order valence-electron chi connectivity index (χ3n) is 4.91. The van der Waals surface area contributed by atoms with Gasteiger partial charge in [0.05, 0.1) is 5.39 Å². The van der Waals surface area contributed by atoms with Crippen LogP contribution in [0.4, 0.5) is 4.39 Å². The van der Waals surface area contributed by atoms with Gasteiger partial charge in [-0.1, -0.05) is 37.3 Å². The molecule has 2 aromatic carbocycles. The number of aryl methyl sites for hydroxylation is 3. The van der Waals surface area contributed by atoms with Crippen LogP contribution < -0.4 is 0 Å². The summed E-state index contributed by atoms with van der Waals surface area (Å²) in [5.74, 6) is 0.471. The molecule has 0 fully saturated rings. The quantitative estimate of drug-likeness (QED) is 0.263. The predicted octanol–water partition coefficient (Wildman–Crippen LogP) is 6.97.